The molecular formula is C35H48ClN3O10. The number of rotatable bonds is 6. The quantitative estimate of drug-likeness (QED) is 0.329. The van der Waals surface area contributed by atoms with Crippen LogP contribution in [-0.4, -0.2) is 104 Å². The van der Waals surface area contributed by atoms with E-state index in [2.05, 4.69) is 5.32 Å². The van der Waals surface area contributed by atoms with Gasteiger partial charge in [-0.1, -0.05) is 49.2 Å². The number of benzene rings is 1. The molecule has 14 heteroatoms. The number of anilines is 1. The van der Waals surface area contributed by atoms with Crippen LogP contribution in [0.1, 0.15) is 59.4 Å². The molecule has 1 aromatic rings. The molecule has 13 nitrogen and oxygen atoms in total. The molecule has 3 aliphatic rings. The lowest BCUT2D eigenvalue weighted by Crippen LogP contribution is -2.63. The minimum atomic E-state index is -1.82. The summed E-state index contributed by atoms with van der Waals surface area (Å²) in [5, 5.41) is 14.4. The highest BCUT2D eigenvalue weighted by Crippen LogP contribution is 2.49. The zero-order valence-electron chi connectivity index (χ0n) is 29.6. The predicted octanol–water partition coefficient (Wildman–Crippen LogP) is 3.92. The molecule has 0 radical (unpaired) electrons. The molecule has 3 aliphatic heterocycles. The van der Waals surface area contributed by atoms with E-state index in [1.807, 2.05) is 13.0 Å². The van der Waals surface area contributed by atoms with E-state index in [1.165, 1.54) is 31.1 Å². The summed E-state index contributed by atoms with van der Waals surface area (Å²) in [6.45, 7) is 8.68. The monoisotopic (exact) mass is 705 g/mol. The Morgan fingerprint density at radius 2 is 1.96 bits per heavy atom. The fraction of sp³-hybridized carbons (Fsp3) is 0.600. The molecule has 2 saturated heterocycles. The zero-order valence-corrected chi connectivity index (χ0v) is 30.3. The lowest BCUT2D eigenvalue weighted by molar-refractivity contribution is -0.162. The number of nitrogens with zero attached hydrogens (tertiary/aromatic N) is 2. The normalized spacial score (nSPS) is 32.8. The second-order valence-electron chi connectivity index (χ2n) is 13.3. The van der Waals surface area contributed by atoms with Crippen LogP contribution in [-0.2, 0) is 39.8 Å². The number of esters is 1. The van der Waals surface area contributed by atoms with Gasteiger partial charge in [0, 0.05) is 40.0 Å². The molecule has 0 aliphatic carbocycles. The fourth-order valence-electron chi connectivity index (χ4n) is 6.47. The Morgan fingerprint density at radius 1 is 1.27 bits per heavy atom. The molecular weight excluding hydrogens is 658 g/mol. The van der Waals surface area contributed by atoms with E-state index in [-0.39, 0.29) is 30.2 Å². The van der Waals surface area contributed by atoms with Crippen molar-refractivity contribution >= 4 is 41.2 Å². The molecule has 270 valence electrons. The summed E-state index contributed by atoms with van der Waals surface area (Å²) in [4.78, 5) is 55.3. The first-order valence-electron chi connectivity index (χ1n) is 16.3. The average Bonchev–Trinajstić information content (AvgIpc) is 3.76. The minimum Gasteiger partial charge on any atom is -0.495 e. The average molecular weight is 706 g/mol. The standard InChI is InChI=1S/C35H48ClN3O10/c1-10-28(40)38(6)21(4)32(42)48-27-17-29(41)39(7)23-15-22(16-24(45-8)30(23)36)14-19(2)12-11-13-26(46-9)35(44)18-25(47-33(43)37-35)20(3)31-34(27,5)49-31/h11-13,15-16,20-21,25-27,31,44H,10,14,17-18H2,1-9H3,(H,37,43)/b13-11+,19-12+/t20-,21+,25+,26-,27-,31-,34+,35+/m1/s1. The van der Waals surface area contributed by atoms with Gasteiger partial charge in [-0.05, 0) is 44.9 Å². The van der Waals surface area contributed by atoms with Crippen LogP contribution in [0.15, 0.2) is 35.9 Å². The Balaban J connectivity index is 1.79. The van der Waals surface area contributed by atoms with Crippen molar-refractivity contribution in [2.24, 2.45) is 5.92 Å². The number of carbonyl (C=O) groups excluding carboxylic acids is 4. The van der Waals surface area contributed by atoms with E-state index in [4.69, 9.17) is 35.3 Å². The summed E-state index contributed by atoms with van der Waals surface area (Å²) < 4.78 is 29.0. The van der Waals surface area contributed by atoms with E-state index in [0.717, 1.165) is 11.1 Å². The third-order valence-corrected chi connectivity index (χ3v) is 10.2. The highest BCUT2D eigenvalue weighted by Gasteiger charge is 2.64. The predicted molar refractivity (Wildman–Crippen MR) is 181 cm³/mol. The van der Waals surface area contributed by atoms with Crippen LogP contribution in [0.4, 0.5) is 10.5 Å². The number of amides is 3. The van der Waals surface area contributed by atoms with Crippen LogP contribution in [0.3, 0.4) is 0 Å². The number of epoxide rings is 1. The van der Waals surface area contributed by atoms with Crippen LogP contribution >= 0.6 is 11.6 Å². The van der Waals surface area contributed by atoms with Gasteiger partial charge in [-0.25, -0.2) is 9.59 Å². The van der Waals surface area contributed by atoms with Crippen molar-refractivity contribution in [2.45, 2.75) is 102 Å². The van der Waals surface area contributed by atoms with E-state index >= 15 is 0 Å². The van der Waals surface area contributed by atoms with E-state index in [1.54, 1.807) is 59.0 Å². The highest BCUT2D eigenvalue weighted by molar-refractivity contribution is 6.35. The number of likely N-dealkylation sites (N-methyl/N-ethyl adjacent to an activating group) is 1. The van der Waals surface area contributed by atoms with Gasteiger partial charge in [-0.15, -0.1) is 0 Å². The van der Waals surface area contributed by atoms with E-state index < -0.39 is 65.7 Å². The molecule has 4 rings (SSSR count). The number of alkyl carbamates (subject to hydrolysis) is 1. The zero-order chi connectivity index (χ0) is 36.4. The molecule has 1 aromatic carbocycles. The Labute approximate surface area is 292 Å². The summed E-state index contributed by atoms with van der Waals surface area (Å²) >= 11 is 6.72. The molecule has 3 heterocycles. The number of halogens is 1. The number of nitrogens with one attached hydrogen (secondary N) is 1. The molecule has 4 bridgehead atoms. The largest absolute Gasteiger partial charge is 0.495 e. The van der Waals surface area contributed by atoms with Gasteiger partial charge in [0.25, 0.3) is 0 Å². The molecule has 49 heavy (non-hydrogen) atoms. The Bertz CT molecular complexity index is 1520. The van der Waals surface area contributed by atoms with Gasteiger partial charge in [0.15, 0.2) is 5.72 Å². The van der Waals surface area contributed by atoms with Crippen molar-refractivity contribution in [1.29, 1.82) is 0 Å². The van der Waals surface area contributed by atoms with E-state index in [0.29, 0.717) is 17.9 Å². The third-order valence-electron chi connectivity index (χ3n) is 9.83. The highest BCUT2D eigenvalue weighted by atomic mass is 35.5. The molecule has 0 aromatic heterocycles. The topological polar surface area (TPSA) is 156 Å². The molecule has 3 amide bonds. The fourth-order valence-corrected chi connectivity index (χ4v) is 6.78. The molecule has 0 spiro atoms. The van der Waals surface area contributed by atoms with Gasteiger partial charge in [-0.3, -0.25) is 14.9 Å². The number of ether oxygens (including phenoxy) is 5. The second kappa shape index (κ2) is 15.1. The summed E-state index contributed by atoms with van der Waals surface area (Å²) in [6.07, 6.45) is 1.22. The number of aliphatic hydroxyl groups is 1. The number of allylic oxidation sites excluding steroid dienone is 3. The van der Waals surface area contributed by atoms with Crippen molar-refractivity contribution < 1.29 is 48.0 Å². The van der Waals surface area contributed by atoms with Crippen molar-refractivity contribution in [1.82, 2.24) is 10.2 Å². The Morgan fingerprint density at radius 3 is 2.59 bits per heavy atom. The van der Waals surface area contributed by atoms with Crippen LogP contribution in [0.2, 0.25) is 5.02 Å². The van der Waals surface area contributed by atoms with Crippen molar-refractivity contribution in [3.63, 3.8) is 0 Å². The number of hydrogen-bond donors (Lipinski definition) is 2. The van der Waals surface area contributed by atoms with Gasteiger partial charge < -0.3 is 38.6 Å². The second-order valence-corrected chi connectivity index (χ2v) is 13.6. The lowest BCUT2D eigenvalue weighted by Gasteiger charge is -2.42. The maximum Gasteiger partial charge on any atom is 0.409 e. The Hall–Kier alpha value is -3.65. The molecule has 2 fully saturated rings. The molecule has 2 N–H and O–H groups in total. The van der Waals surface area contributed by atoms with Crippen LogP contribution < -0.4 is 15.0 Å². The van der Waals surface area contributed by atoms with E-state index in [9.17, 15) is 24.3 Å². The maximum absolute atomic E-state index is 14.0. The van der Waals surface area contributed by atoms with Crippen LogP contribution in [0.5, 0.6) is 5.75 Å². The lowest BCUT2D eigenvalue weighted by atomic mass is 9.83. The van der Waals surface area contributed by atoms with Crippen LogP contribution in [0.25, 0.3) is 0 Å². The van der Waals surface area contributed by atoms with Crippen molar-refractivity contribution in [2.75, 3.05) is 33.2 Å². The first kappa shape index (κ1) is 38.2. The van der Waals surface area contributed by atoms with Gasteiger partial charge in [0.05, 0.1) is 25.3 Å². The molecule has 0 saturated carbocycles. The smallest absolute Gasteiger partial charge is 0.409 e. The molecule has 8 atom stereocenters. The summed E-state index contributed by atoms with van der Waals surface area (Å²) in [5.41, 5.74) is -0.870. The first-order chi connectivity index (χ1) is 23.0. The summed E-state index contributed by atoms with van der Waals surface area (Å²) in [7, 11) is 6.01. The van der Waals surface area contributed by atoms with Crippen molar-refractivity contribution in [3.05, 3.63) is 46.5 Å². The van der Waals surface area contributed by atoms with Crippen molar-refractivity contribution in [3.8, 4) is 5.75 Å². The maximum atomic E-state index is 14.0. The number of fused-ring (bicyclic) bond motifs is 5. The first-order valence-corrected chi connectivity index (χ1v) is 16.7. The third kappa shape index (κ3) is 8.06. The van der Waals surface area contributed by atoms with Crippen LogP contribution in [0, 0.1) is 5.92 Å². The minimum absolute atomic E-state index is 0.0431. The summed E-state index contributed by atoms with van der Waals surface area (Å²) in [5.74, 6) is -1.53. The number of carbonyl (C=O) groups is 4. The van der Waals surface area contributed by atoms with Gasteiger partial charge in [0.1, 0.15) is 40.7 Å². The van der Waals surface area contributed by atoms with Gasteiger partial charge in [0.2, 0.25) is 11.8 Å². The molecule has 0 unspecified atom stereocenters. The summed E-state index contributed by atoms with van der Waals surface area (Å²) in [6, 6.07) is 2.64. The van der Waals surface area contributed by atoms with Gasteiger partial charge in [-0.2, -0.15) is 0 Å². The number of methoxy groups -OCH3 is 2. The Kier molecular flexibility index (Phi) is 11.7. The SMILES string of the molecule is CCC(=O)N(C)[C@@H](C)C(=O)O[C@@H]1CC(=O)N(C)c2cc(cc(OC)c2Cl)C/C(C)=C/C=C/[C@@H](OC)[C@@]2(O)C[C@H](OC(=O)N2)[C@@H](C)[C@H]2O[C@]21C. The number of hydrogen-bond acceptors (Lipinski definition) is 10. The van der Waals surface area contributed by atoms with Gasteiger partial charge >= 0.3 is 12.1 Å².